The minimum Gasteiger partial charge on any atom is -0.478 e. The maximum Gasteiger partial charge on any atom is 0.335 e. The van der Waals surface area contributed by atoms with Crippen LogP contribution in [-0.4, -0.2) is 29.4 Å². The van der Waals surface area contributed by atoms with Crippen molar-refractivity contribution in [2.24, 2.45) is 0 Å². The largest absolute Gasteiger partial charge is 0.478 e. The Morgan fingerprint density at radius 2 is 1.89 bits per heavy atom. The van der Waals surface area contributed by atoms with E-state index in [1.807, 2.05) is 0 Å². The zero-order chi connectivity index (χ0) is 13.5. The first-order valence-corrected chi connectivity index (χ1v) is 5.53. The smallest absolute Gasteiger partial charge is 0.335 e. The molecule has 0 radical (unpaired) electrons. The predicted molar refractivity (Wildman–Crippen MR) is 63.4 cm³/mol. The second-order valence-corrected chi connectivity index (χ2v) is 3.66. The number of carboxylic acids is 1. The van der Waals surface area contributed by atoms with Crippen LogP contribution >= 0.6 is 0 Å². The summed E-state index contributed by atoms with van der Waals surface area (Å²) in [6, 6.07) is 6.23. The average Bonchev–Trinajstić information content (AvgIpc) is 2.29. The number of ketones is 1. The van der Waals surface area contributed by atoms with Crippen LogP contribution < -0.4 is 0 Å². The fraction of sp³-hybridized carbons (Fsp3) is 0.308. The molecule has 0 spiro atoms. The number of benzene rings is 1. The Balaban J connectivity index is 2.70. The molecular formula is C13H14O5. The first-order valence-electron chi connectivity index (χ1n) is 5.53. The third kappa shape index (κ3) is 4.01. The number of carbonyl (C=O) groups is 3. The molecule has 1 aromatic carbocycles. The molecule has 0 saturated heterocycles. The molecule has 1 N–H and O–H groups in total. The summed E-state index contributed by atoms with van der Waals surface area (Å²) in [5.41, 5.74) is 0.481. The van der Waals surface area contributed by atoms with Crippen molar-refractivity contribution in [3.8, 4) is 0 Å². The van der Waals surface area contributed by atoms with Gasteiger partial charge in [0.25, 0.3) is 0 Å². The van der Waals surface area contributed by atoms with Gasteiger partial charge in [0.05, 0.1) is 12.2 Å². The standard InChI is InChI=1S/C13H14O5/c1-2-18-12(15)8-10(14)7-9-5-3-4-6-11(9)13(16)17/h3-6H,2,7-8H2,1H3,(H,16,17). The van der Waals surface area contributed by atoms with Crippen molar-refractivity contribution in [1.29, 1.82) is 0 Å². The molecule has 18 heavy (non-hydrogen) atoms. The molecule has 0 saturated carbocycles. The summed E-state index contributed by atoms with van der Waals surface area (Å²) in [7, 11) is 0. The van der Waals surface area contributed by atoms with Crippen LogP contribution in [0.25, 0.3) is 0 Å². The van der Waals surface area contributed by atoms with E-state index in [0.717, 1.165) is 0 Å². The fourth-order valence-electron chi connectivity index (χ4n) is 1.53. The van der Waals surface area contributed by atoms with Crippen molar-refractivity contribution >= 4 is 17.7 Å². The Morgan fingerprint density at radius 1 is 1.22 bits per heavy atom. The van der Waals surface area contributed by atoms with E-state index in [0.29, 0.717) is 5.56 Å². The molecule has 1 rings (SSSR count). The maximum atomic E-state index is 11.6. The molecule has 0 amide bonds. The highest BCUT2D eigenvalue weighted by atomic mass is 16.5. The Hall–Kier alpha value is -2.17. The van der Waals surface area contributed by atoms with E-state index >= 15 is 0 Å². The third-order valence-electron chi connectivity index (χ3n) is 2.28. The van der Waals surface area contributed by atoms with E-state index < -0.39 is 11.9 Å². The van der Waals surface area contributed by atoms with Gasteiger partial charge in [-0.05, 0) is 18.6 Å². The Labute approximate surface area is 104 Å². The van der Waals surface area contributed by atoms with E-state index in [1.165, 1.54) is 6.07 Å². The van der Waals surface area contributed by atoms with Crippen LogP contribution in [0.4, 0.5) is 0 Å². The predicted octanol–water partition coefficient (Wildman–Crippen LogP) is 1.45. The van der Waals surface area contributed by atoms with Gasteiger partial charge >= 0.3 is 11.9 Å². The van der Waals surface area contributed by atoms with Crippen molar-refractivity contribution < 1.29 is 24.2 Å². The molecule has 0 aliphatic carbocycles. The monoisotopic (exact) mass is 250 g/mol. The highest BCUT2D eigenvalue weighted by Gasteiger charge is 2.15. The zero-order valence-electron chi connectivity index (χ0n) is 10.0. The Morgan fingerprint density at radius 3 is 2.50 bits per heavy atom. The molecule has 0 heterocycles. The molecule has 0 unspecified atom stereocenters. The fourth-order valence-corrected chi connectivity index (χ4v) is 1.53. The summed E-state index contributed by atoms with van der Waals surface area (Å²) in [5.74, 6) is -2.04. The van der Waals surface area contributed by atoms with E-state index in [9.17, 15) is 14.4 Å². The highest BCUT2D eigenvalue weighted by Crippen LogP contribution is 2.10. The van der Waals surface area contributed by atoms with Gasteiger partial charge in [0.1, 0.15) is 12.2 Å². The van der Waals surface area contributed by atoms with Crippen molar-refractivity contribution in [2.45, 2.75) is 19.8 Å². The average molecular weight is 250 g/mol. The first kappa shape index (κ1) is 13.9. The van der Waals surface area contributed by atoms with E-state index in [1.54, 1.807) is 25.1 Å². The number of Topliss-reactive ketones (excluding diaryl/α,β-unsaturated/α-hetero) is 1. The molecule has 5 nitrogen and oxygen atoms in total. The number of aromatic carboxylic acids is 1. The van der Waals surface area contributed by atoms with Gasteiger partial charge in [-0.1, -0.05) is 18.2 Å². The van der Waals surface area contributed by atoms with Gasteiger partial charge in [-0.3, -0.25) is 9.59 Å². The molecule has 0 atom stereocenters. The lowest BCUT2D eigenvalue weighted by Crippen LogP contribution is -2.14. The molecule has 0 bridgehead atoms. The second-order valence-electron chi connectivity index (χ2n) is 3.66. The quantitative estimate of drug-likeness (QED) is 0.610. The number of ether oxygens (including phenoxy) is 1. The molecular weight excluding hydrogens is 236 g/mol. The molecule has 0 aliphatic rings. The normalized spacial score (nSPS) is 9.83. The highest BCUT2D eigenvalue weighted by molar-refractivity contribution is 5.98. The number of hydrogen-bond acceptors (Lipinski definition) is 4. The van der Waals surface area contributed by atoms with Gasteiger partial charge in [0.2, 0.25) is 0 Å². The molecule has 0 aromatic heterocycles. The molecule has 0 fully saturated rings. The summed E-state index contributed by atoms with van der Waals surface area (Å²) in [6.45, 7) is 1.87. The molecule has 0 aliphatic heterocycles. The van der Waals surface area contributed by atoms with E-state index in [-0.39, 0.29) is 30.8 Å². The Bertz CT molecular complexity index is 464. The topological polar surface area (TPSA) is 80.7 Å². The summed E-state index contributed by atoms with van der Waals surface area (Å²) in [5, 5.41) is 8.94. The summed E-state index contributed by atoms with van der Waals surface area (Å²) < 4.78 is 4.65. The van der Waals surface area contributed by atoms with Crippen LogP contribution in [0.2, 0.25) is 0 Å². The van der Waals surface area contributed by atoms with Crippen LogP contribution in [0.3, 0.4) is 0 Å². The van der Waals surface area contributed by atoms with Gasteiger partial charge in [-0.2, -0.15) is 0 Å². The minimum atomic E-state index is -1.09. The van der Waals surface area contributed by atoms with Gasteiger partial charge in [-0.25, -0.2) is 4.79 Å². The van der Waals surface area contributed by atoms with Crippen LogP contribution in [0.5, 0.6) is 0 Å². The van der Waals surface area contributed by atoms with Crippen molar-refractivity contribution in [3.05, 3.63) is 35.4 Å². The Kier molecular flexibility index (Phi) is 5.05. The summed E-state index contributed by atoms with van der Waals surface area (Å²) in [6.07, 6.45) is -0.414. The number of hydrogen-bond donors (Lipinski definition) is 1. The molecule has 1 aromatic rings. The lowest BCUT2D eigenvalue weighted by Gasteiger charge is -2.05. The SMILES string of the molecule is CCOC(=O)CC(=O)Cc1ccccc1C(=O)O. The lowest BCUT2D eigenvalue weighted by atomic mass is 10.0. The summed E-state index contributed by atoms with van der Waals surface area (Å²) in [4.78, 5) is 33.6. The van der Waals surface area contributed by atoms with Gasteiger partial charge in [-0.15, -0.1) is 0 Å². The van der Waals surface area contributed by atoms with Gasteiger partial charge in [0.15, 0.2) is 0 Å². The summed E-state index contributed by atoms with van der Waals surface area (Å²) >= 11 is 0. The van der Waals surface area contributed by atoms with Crippen LogP contribution in [-0.2, 0) is 20.7 Å². The van der Waals surface area contributed by atoms with Crippen molar-refractivity contribution in [1.82, 2.24) is 0 Å². The second kappa shape index (κ2) is 6.54. The van der Waals surface area contributed by atoms with Gasteiger partial charge < -0.3 is 9.84 Å². The zero-order valence-corrected chi connectivity index (χ0v) is 10.0. The minimum absolute atomic E-state index is 0.0784. The number of rotatable bonds is 6. The van der Waals surface area contributed by atoms with Crippen LogP contribution in [0.1, 0.15) is 29.3 Å². The lowest BCUT2D eigenvalue weighted by molar-refractivity contribution is -0.145. The number of esters is 1. The maximum absolute atomic E-state index is 11.6. The van der Waals surface area contributed by atoms with Crippen LogP contribution in [0, 0.1) is 0 Å². The van der Waals surface area contributed by atoms with Gasteiger partial charge in [0, 0.05) is 6.42 Å². The first-order chi connectivity index (χ1) is 8.54. The van der Waals surface area contributed by atoms with E-state index in [2.05, 4.69) is 4.74 Å². The van der Waals surface area contributed by atoms with Crippen molar-refractivity contribution in [2.75, 3.05) is 6.61 Å². The third-order valence-corrected chi connectivity index (χ3v) is 2.28. The molecule has 5 heteroatoms. The van der Waals surface area contributed by atoms with Crippen LogP contribution in [0.15, 0.2) is 24.3 Å². The van der Waals surface area contributed by atoms with Crippen molar-refractivity contribution in [3.63, 3.8) is 0 Å². The number of carboxylic acid groups (broad SMARTS) is 1. The molecule has 96 valence electrons. The number of carbonyl (C=O) groups excluding carboxylic acids is 2. The van der Waals surface area contributed by atoms with E-state index in [4.69, 9.17) is 5.11 Å².